The van der Waals surface area contributed by atoms with E-state index in [2.05, 4.69) is 29.3 Å². The molecule has 5 nitrogen and oxygen atoms in total. The number of nitrogens with zero attached hydrogens (tertiary/aromatic N) is 2. The molecule has 0 aromatic heterocycles. The number of nitrogens with one attached hydrogen (secondary N) is 1. The number of likely N-dealkylation sites (tertiary alicyclic amines) is 1. The summed E-state index contributed by atoms with van der Waals surface area (Å²) in [6, 6.07) is 8.42. The van der Waals surface area contributed by atoms with E-state index in [1.807, 2.05) is 12.1 Å². The maximum Gasteiger partial charge on any atom is 0.193 e. The number of benzene rings is 1. The Kier molecular flexibility index (Phi) is 8.64. The predicted octanol–water partition coefficient (Wildman–Crippen LogP) is 4.10. The van der Waals surface area contributed by atoms with Crippen LogP contribution in [0.3, 0.4) is 0 Å². The molecule has 0 spiro atoms. The molecular formula is C23H36ClN3O2. The fraction of sp³-hybridized carbons (Fsp3) is 0.696. The first kappa shape index (κ1) is 22.4. The topological polar surface area (TPSA) is 46.1 Å². The smallest absolute Gasteiger partial charge is 0.193 e. The number of hydrogen-bond donors (Lipinski definition) is 1. The van der Waals surface area contributed by atoms with Gasteiger partial charge in [-0.15, -0.1) is 0 Å². The van der Waals surface area contributed by atoms with Gasteiger partial charge in [-0.05, 0) is 43.9 Å². The molecular weight excluding hydrogens is 386 g/mol. The Morgan fingerprint density at radius 2 is 2.00 bits per heavy atom. The van der Waals surface area contributed by atoms with Gasteiger partial charge in [-0.1, -0.05) is 36.6 Å². The van der Waals surface area contributed by atoms with Crippen LogP contribution in [0.5, 0.6) is 0 Å². The van der Waals surface area contributed by atoms with Crippen molar-refractivity contribution in [3.8, 4) is 0 Å². The molecule has 2 aliphatic rings. The Morgan fingerprint density at radius 1 is 1.24 bits per heavy atom. The average molecular weight is 422 g/mol. The molecule has 1 heterocycles. The van der Waals surface area contributed by atoms with Crippen LogP contribution in [0.4, 0.5) is 0 Å². The van der Waals surface area contributed by atoms with E-state index in [0.29, 0.717) is 19.1 Å². The molecule has 162 valence electrons. The summed E-state index contributed by atoms with van der Waals surface area (Å²) in [6.07, 6.45) is 6.11. The van der Waals surface area contributed by atoms with Gasteiger partial charge in [-0.25, -0.2) is 0 Å². The van der Waals surface area contributed by atoms with E-state index in [1.54, 1.807) is 7.11 Å². The molecule has 1 N–H and O–H groups in total. The number of halogens is 1. The van der Waals surface area contributed by atoms with E-state index in [-0.39, 0.29) is 5.41 Å². The average Bonchev–Trinajstić information content (AvgIpc) is 3.40. The molecule has 29 heavy (non-hydrogen) atoms. The summed E-state index contributed by atoms with van der Waals surface area (Å²) in [7, 11) is 1.71. The van der Waals surface area contributed by atoms with Crippen LogP contribution in [0.15, 0.2) is 29.3 Å². The van der Waals surface area contributed by atoms with Crippen molar-refractivity contribution in [3.63, 3.8) is 0 Å². The molecule has 1 aliphatic carbocycles. The van der Waals surface area contributed by atoms with Gasteiger partial charge in [0, 0.05) is 43.1 Å². The number of aliphatic imine (C=N–C) groups is 1. The molecule has 1 unspecified atom stereocenters. The van der Waals surface area contributed by atoms with Crippen LogP contribution in [0.2, 0.25) is 5.02 Å². The van der Waals surface area contributed by atoms with Crippen molar-refractivity contribution >= 4 is 17.6 Å². The largest absolute Gasteiger partial charge is 0.382 e. The summed E-state index contributed by atoms with van der Waals surface area (Å²) in [5.74, 6) is 1.61. The molecule has 3 rings (SSSR count). The molecule has 1 aromatic rings. The minimum atomic E-state index is 0.146. The van der Waals surface area contributed by atoms with E-state index in [0.717, 1.165) is 50.2 Å². The standard InChI is InChI=1S/C23H36ClN3O2/c1-3-25-22(27-13-10-19(16-27)17-29-15-14-28-2)26-18-23(11-4-5-12-23)20-6-8-21(24)9-7-20/h6-9,19H,3-5,10-18H2,1-2H3,(H,25,26). The fourth-order valence-electron chi connectivity index (χ4n) is 4.60. The van der Waals surface area contributed by atoms with Gasteiger partial charge in [-0.3, -0.25) is 4.99 Å². The highest BCUT2D eigenvalue weighted by Gasteiger charge is 2.36. The lowest BCUT2D eigenvalue weighted by atomic mass is 9.79. The van der Waals surface area contributed by atoms with E-state index >= 15 is 0 Å². The first-order valence-corrected chi connectivity index (χ1v) is 11.4. The predicted molar refractivity (Wildman–Crippen MR) is 120 cm³/mol. The zero-order valence-electron chi connectivity index (χ0n) is 18.0. The molecule has 1 saturated carbocycles. The van der Waals surface area contributed by atoms with Crippen LogP contribution in [0.25, 0.3) is 0 Å². The van der Waals surface area contributed by atoms with E-state index in [1.165, 1.54) is 31.2 Å². The monoisotopic (exact) mass is 421 g/mol. The van der Waals surface area contributed by atoms with Crippen LogP contribution >= 0.6 is 11.6 Å². The molecule has 1 aliphatic heterocycles. The molecule has 1 saturated heterocycles. The first-order chi connectivity index (χ1) is 14.2. The molecule has 1 aromatic carbocycles. The van der Waals surface area contributed by atoms with Crippen molar-refractivity contribution in [1.82, 2.24) is 10.2 Å². The van der Waals surface area contributed by atoms with Gasteiger partial charge in [-0.2, -0.15) is 0 Å². The van der Waals surface area contributed by atoms with Gasteiger partial charge >= 0.3 is 0 Å². The quantitative estimate of drug-likeness (QED) is 0.370. The minimum Gasteiger partial charge on any atom is -0.382 e. The Morgan fingerprint density at radius 3 is 2.69 bits per heavy atom. The summed E-state index contributed by atoms with van der Waals surface area (Å²) >= 11 is 6.12. The zero-order valence-corrected chi connectivity index (χ0v) is 18.7. The van der Waals surface area contributed by atoms with Crippen LogP contribution in [-0.2, 0) is 14.9 Å². The van der Waals surface area contributed by atoms with E-state index in [9.17, 15) is 0 Å². The molecule has 2 fully saturated rings. The van der Waals surface area contributed by atoms with Gasteiger partial charge < -0.3 is 19.7 Å². The number of hydrogen-bond acceptors (Lipinski definition) is 3. The Labute approximate surface area is 180 Å². The number of methoxy groups -OCH3 is 1. The third kappa shape index (κ3) is 6.09. The maximum atomic E-state index is 6.12. The van der Waals surface area contributed by atoms with Gasteiger partial charge in [0.25, 0.3) is 0 Å². The van der Waals surface area contributed by atoms with E-state index < -0.39 is 0 Å². The zero-order chi connectivity index (χ0) is 20.5. The fourth-order valence-corrected chi connectivity index (χ4v) is 4.72. The molecule has 0 radical (unpaired) electrons. The third-order valence-corrected chi connectivity index (χ3v) is 6.51. The number of ether oxygens (including phenoxy) is 2. The second-order valence-corrected chi connectivity index (χ2v) is 8.77. The Bertz CT molecular complexity index is 644. The molecule has 0 amide bonds. The van der Waals surface area contributed by atoms with Gasteiger partial charge in [0.1, 0.15) is 0 Å². The highest BCUT2D eigenvalue weighted by molar-refractivity contribution is 6.30. The van der Waals surface area contributed by atoms with E-state index in [4.69, 9.17) is 26.1 Å². The van der Waals surface area contributed by atoms with Crippen LogP contribution in [-0.4, -0.2) is 64.0 Å². The SMILES string of the molecule is CCNC(=NCC1(c2ccc(Cl)cc2)CCCC1)N1CCC(COCCOC)C1. The van der Waals surface area contributed by atoms with Crippen molar-refractivity contribution in [2.24, 2.45) is 10.9 Å². The van der Waals surface area contributed by atoms with Crippen LogP contribution in [0.1, 0.15) is 44.6 Å². The normalized spacial score (nSPS) is 21.7. The molecule has 1 atom stereocenters. The Balaban J connectivity index is 1.64. The van der Waals surface area contributed by atoms with Crippen molar-refractivity contribution < 1.29 is 9.47 Å². The summed E-state index contributed by atoms with van der Waals surface area (Å²) < 4.78 is 10.8. The second kappa shape index (κ2) is 11.2. The van der Waals surface area contributed by atoms with Crippen molar-refractivity contribution in [2.45, 2.75) is 44.4 Å². The van der Waals surface area contributed by atoms with Gasteiger partial charge in [0.05, 0.1) is 26.4 Å². The van der Waals surface area contributed by atoms with Gasteiger partial charge in [0.2, 0.25) is 0 Å². The summed E-state index contributed by atoms with van der Waals surface area (Å²) in [6.45, 7) is 8.04. The number of rotatable bonds is 9. The molecule has 6 heteroatoms. The highest BCUT2D eigenvalue weighted by Crippen LogP contribution is 2.41. The second-order valence-electron chi connectivity index (χ2n) is 8.33. The maximum absolute atomic E-state index is 6.12. The lowest BCUT2D eigenvalue weighted by Crippen LogP contribution is -2.41. The Hall–Kier alpha value is -1.30. The van der Waals surface area contributed by atoms with Gasteiger partial charge in [0.15, 0.2) is 5.96 Å². The summed E-state index contributed by atoms with van der Waals surface area (Å²) in [5, 5.41) is 4.32. The van der Waals surface area contributed by atoms with Crippen molar-refractivity contribution in [3.05, 3.63) is 34.9 Å². The highest BCUT2D eigenvalue weighted by atomic mass is 35.5. The van der Waals surface area contributed by atoms with Crippen molar-refractivity contribution in [2.75, 3.05) is 53.1 Å². The lowest BCUT2D eigenvalue weighted by molar-refractivity contribution is 0.0536. The first-order valence-electron chi connectivity index (χ1n) is 11.0. The summed E-state index contributed by atoms with van der Waals surface area (Å²) in [5.41, 5.74) is 1.53. The number of guanidine groups is 1. The lowest BCUT2D eigenvalue weighted by Gasteiger charge is -2.29. The van der Waals surface area contributed by atoms with Crippen LogP contribution < -0.4 is 5.32 Å². The van der Waals surface area contributed by atoms with Crippen LogP contribution in [0, 0.1) is 5.92 Å². The third-order valence-electron chi connectivity index (χ3n) is 6.25. The summed E-state index contributed by atoms with van der Waals surface area (Å²) in [4.78, 5) is 7.53. The molecule has 0 bridgehead atoms. The van der Waals surface area contributed by atoms with Crippen molar-refractivity contribution in [1.29, 1.82) is 0 Å². The minimum absolute atomic E-state index is 0.146.